The Morgan fingerprint density at radius 2 is 2.38 bits per heavy atom. The lowest BCUT2D eigenvalue weighted by Gasteiger charge is -2.11. The number of aromatic nitrogens is 1. The van der Waals surface area contributed by atoms with Crippen molar-refractivity contribution in [2.75, 3.05) is 11.9 Å². The first-order valence-corrected chi connectivity index (χ1v) is 4.73. The summed E-state index contributed by atoms with van der Waals surface area (Å²) in [6.45, 7) is 2.94. The van der Waals surface area contributed by atoms with Gasteiger partial charge in [0, 0.05) is 18.8 Å². The number of pyridine rings is 1. The van der Waals surface area contributed by atoms with E-state index >= 15 is 0 Å². The monoisotopic (exact) mass is 179 g/mol. The predicted molar refractivity (Wildman–Crippen MR) is 55.6 cm³/mol. The lowest BCUT2D eigenvalue weighted by molar-refractivity contribution is 0.626. The first-order valence-electron chi connectivity index (χ1n) is 4.73. The topological polar surface area (TPSA) is 50.9 Å². The minimum atomic E-state index is 0.229. The molecule has 13 heavy (non-hydrogen) atoms. The lowest BCUT2D eigenvalue weighted by atomic mass is 10.2. The van der Waals surface area contributed by atoms with Crippen molar-refractivity contribution >= 4 is 5.82 Å². The third kappa shape index (κ3) is 3.90. The Labute approximate surface area is 79.4 Å². The first-order chi connectivity index (χ1) is 6.33. The average Bonchev–Trinajstić information content (AvgIpc) is 2.17. The molecule has 1 aromatic rings. The van der Waals surface area contributed by atoms with Gasteiger partial charge >= 0.3 is 0 Å². The maximum atomic E-state index is 5.84. The molecule has 0 bridgehead atoms. The van der Waals surface area contributed by atoms with Crippen LogP contribution in [0.1, 0.15) is 19.8 Å². The molecule has 72 valence electrons. The summed E-state index contributed by atoms with van der Waals surface area (Å²) in [5.74, 6) is 0.897. The number of nitrogens with one attached hydrogen (secondary N) is 1. The van der Waals surface area contributed by atoms with Gasteiger partial charge in [0.1, 0.15) is 5.82 Å². The first kappa shape index (κ1) is 9.99. The Kier molecular flexibility index (Phi) is 4.26. The van der Waals surface area contributed by atoms with E-state index in [4.69, 9.17) is 5.73 Å². The quantitative estimate of drug-likeness (QED) is 0.722. The second kappa shape index (κ2) is 5.54. The maximum absolute atomic E-state index is 5.84. The zero-order valence-corrected chi connectivity index (χ0v) is 8.03. The molecule has 1 rings (SSSR count). The number of hydrogen-bond acceptors (Lipinski definition) is 3. The standard InChI is InChI=1S/C10H17N3/c1-2-5-9(11)8-13-10-6-3-4-7-12-10/h3-4,6-7,9H,2,5,8,11H2,1H3,(H,12,13)/t9-/m0/s1. The molecule has 3 N–H and O–H groups in total. The van der Waals surface area contributed by atoms with Crippen molar-refractivity contribution in [2.45, 2.75) is 25.8 Å². The van der Waals surface area contributed by atoms with Crippen LogP contribution in [0.5, 0.6) is 0 Å². The molecule has 0 aliphatic heterocycles. The second-order valence-electron chi connectivity index (χ2n) is 3.14. The van der Waals surface area contributed by atoms with Crippen LogP contribution in [0.25, 0.3) is 0 Å². The molecule has 0 saturated carbocycles. The van der Waals surface area contributed by atoms with E-state index in [1.54, 1.807) is 6.20 Å². The summed E-state index contributed by atoms with van der Waals surface area (Å²) in [7, 11) is 0. The highest BCUT2D eigenvalue weighted by molar-refractivity contribution is 5.33. The minimum Gasteiger partial charge on any atom is -0.369 e. The van der Waals surface area contributed by atoms with Crippen LogP contribution in [0.3, 0.4) is 0 Å². The Bertz CT molecular complexity index is 223. The zero-order chi connectivity index (χ0) is 9.52. The van der Waals surface area contributed by atoms with E-state index < -0.39 is 0 Å². The van der Waals surface area contributed by atoms with Gasteiger partial charge in [0.2, 0.25) is 0 Å². The fourth-order valence-electron chi connectivity index (χ4n) is 1.18. The van der Waals surface area contributed by atoms with Crippen molar-refractivity contribution in [3.8, 4) is 0 Å². The van der Waals surface area contributed by atoms with Crippen LogP contribution in [0.4, 0.5) is 5.82 Å². The van der Waals surface area contributed by atoms with Crippen LogP contribution in [-0.2, 0) is 0 Å². The smallest absolute Gasteiger partial charge is 0.125 e. The van der Waals surface area contributed by atoms with Crippen LogP contribution in [0.2, 0.25) is 0 Å². The van der Waals surface area contributed by atoms with Gasteiger partial charge in [-0.25, -0.2) is 4.98 Å². The molecule has 0 aromatic carbocycles. The molecule has 1 atom stereocenters. The number of anilines is 1. The van der Waals surface area contributed by atoms with Crippen LogP contribution in [0, 0.1) is 0 Å². The molecule has 3 nitrogen and oxygen atoms in total. The van der Waals surface area contributed by atoms with E-state index in [1.807, 2.05) is 18.2 Å². The summed E-state index contributed by atoms with van der Waals surface area (Å²) in [5.41, 5.74) is 5.84. The second-order valence-corrected chi connectivity index (χ2v) is 3.14. The molecule has 0 radical (unpaired) electrons. The molecule has 1 aromatic heterocycles. The largest absolute Gasteiger partial charge is 0.369 e. The van der Waals surface area contributed by atoms with Crippen molar-refractivity contribution in [1.29, 1.82) is 0 Å². The van der Waals surface area contributed by atoms with E-state index in [0.717, 1.165) is 25.2 Å². The van der Waals surface area contributed by atoms with Crippen molar-refractivity contribution in [3.63, 3.8) is 0 Å². The minimum absolute atomic E-state index is 0.229. The van der Waals surface area contributed by atoms with Gasteiger partial charge in [-0.05, 0) is 18.6 Å². The third-order valence-electron chi connectivity index (χ3n) is 1.87. The summed E-state index contributed by atoms with van der Waals surface area (Å²) in [6.07, 6.45) is 3.96. The van der Waals surface area contributed by atoms with E-state index in [9.17, 15) is 0 Å². The van der Waals surface area contributed by atoms with Crippen LogP contribution >= 0.6 is 0 Å². The van der Waals surface area contributed by atoms with Crippen molar-refractivity contribution < 1.29 is 0 Å². The molecule has 0 aliphatic carbocycles. The number of hydrogen-bond donors (Lipinski definition) is 2. The maximum Gasteiger partial charge on any atom is 0.125 e. The third-order valence-corrected chi connectivity index (χ3v) is 1.87. The molecular formula is C10H17N3. The molecule has 0 amide bonds. The van der Waals surface area contributed by atoms with Crippen molar-refractivity contribution in [3.05, 3.63) is 24.4 Å². The summed E-state index contributed by atoms with van der Waals surface area (Å²) in [6, 6.07) is 6.03. The fraction of sp³-hybridized carbons (Fsp3) is 0.500. The molecule has 3 heteroatoms. The Morgan fingerprint density at radius 1 is 1.54 bits per heavy atom. The van der Waals surface area contributed by atoms with Gasteiger partial charge in [-0.2, -0.15) is 0 Å². The Hall–Kier alpha value is -1.09. The van der Waals surface area contributed by atoms with E-state index in [2.05, 4.69) is 17.2 Å². The van der Waals surface area contributed by atoms with Gasteiger partial charge in [-0.15, -0.1) is 0 Å². The van der Waals surface area contributed by atoms with E-state index in [-0.39, 0.29) is 6.04 Å². The molecule has 1 heterocycles. The molecule has 0 fully saturated rings. The van der Waals surface area contributed by atoms with Crippen LogP contribution in [-0.4, -0.2) is 17.6 Å². The number of rotatable bonds is 5. The normalized spacial score (nSPS) is 12.5. The molecule has 0 saturated heterocycles. The van der Waals surface area contributed by atoms with Crippen LogP contribution in [0.15, 0.2) is 24.4 Å². The summed E-state index contributed by atoms with van der Waals surface area (Å²) in [5, 5.41) is 3.19. The van der Waals surface area contributed by atoms with Gasteiger partial charge in [0.25, 0.3) is 0 Å². The zero-order valence-electron chi connectivity index (χ0n) is 8.03. The molecule has 0 spiro atoms. The number of nitrogens with two attached hydrogens (primary N) is 1. The van der Waals surface area contributed by atoms with E-state index in [0.29, 0.717) is 0 Å². The lowest BCUT2D eigenvalue weighted by Crippen LogP contribution is -2.28. The Balaban J connectivity index is 2.27. The molecular weight excluding hydrogens is 162 g/mol. The van der Waals surface area contributed by atoms with Gasteiger partial charge < -0.3 is 11.1 Å². The SMILES string of the molecule is CCC[C@H](N)CNc1ccccn1. The number of nitrogens with zero attached hydrogens (tertiary/aromatic N) is 1. The fourth-order valence-corrected chi connectivity index (χ4v) is 1.18. The summed E-state index contributed by atoms with van der Waals surface area (Å²) in [4.78, 5) is 4.14. The summed E-state index contributed by atoms with van der Waals surface area (Å²) >= 11 is 0. The highest BCUT2D eigenvalue weighted by atomic mass is 15.0. The average molecular weight is 179 g/mol. The highest BCUT2D eigenvalue weighted by Gasteiger charge is 1.99. The highest BCUT2D eigenvalue weighted by Crippen LogP contribution is 2.00. The van der Waals surface area contributed by atoms with Gasteiger partial charge in [0.15, 0.2) is 0 Å². The van der Waals surface area contributed by atoms with Gasteiger partial charge in [0.05, 0.1) is 0 Å². The predicted octanol–water partition coefficient (Wildman–Crippen LogP) is 1.62. The van der Waals surface area contributed by atoms with Gasteiger partial charge in [-0.1, -0.05) is 19.4 Å². The van der Waals surface area contributed by atoms with Crippen molar-refractivity contribution in [1.82, 2.24) is 4.98 Å². The van der Waals surface area contributed by atoms with Crippen molar-refractivity contribution in [2.24, 2.45) is 5.73 Å². The van der Waals surface area contributed by atoms with Gasteiger partial charge in [-0.3, -0.25) is 0 Å². The molecule has 0 unspecified atom stereocenters. The molecule has 0 aliphatic rings. The summed E-state index contributed by atoms with van der Waals surface area (Å²) < 4.78 is 0. The Morgan fingerprint density at radius 3 is 3.00 bits per heavy atom. The van der Waals surface area contributed by atoms with E-state index in [1.165, 1.54) is 0 Å². The van der Waals surface area contributed by atoms with Crippen LogP contribution < -0.4 is 11.1 Å².